The van der Waals surface area contributed by atoms with Crippen LogP contribution in [0.25, 0.3) is 17.2 Å². The van der Waals surface area contributed by atoms with E-state index in [-0.39, 0.29) is 0 Å². The van der Waals surface area contributed by atoms with Gasteiger partial charge in [0.05, 0.1) is 17.6 Å². The third-order valence-corrected chi connectivity index (χ3v) is 3.61. The molecule has 4 heteroatoms. The van der Waals surface area contributed by atoms with Crippen LogP contribution in [0.4, 0.5) is 0 Å². The fourth-order valence-corrected chi connectivity index (χ4v) is 2.29. The summed E-state index contributed by atoms with van der Waals surface area (Å²) in [6.07, 6.45) is 3.68. The molecule has 0 amide bonds. The molecule has 0 radical (unpaired) electrons. The molecule has 0 saturated heterocycles. The van der Waals surface area contributed by atoms with Crippen molar-refractivity contribution in [1.82, 2.24) is 19.7 Å². The average Bonchev–Trinajstić information content (AvgIpc) is 2.78. The number of aryl methyl sites for hydroxylation is 3. The summed E-state index contributed by atoms with van der Waals surface area (Å²) < 4.78 is 1.88. The molecule has 0 unspecified atom stereocenters. The monoisotopic (exact) mass is 278 g/mol. The molecule has 0 saturated carbocycles. The number of hydrogen-bond acceptors (Lipinski definition) is 3. The summed E-state index contributed by atoms with van der Waals surface area (Å²) in [5.41, 5.74) is 6.36. The lowest BCUT2D eigenvalue weighted by atomic mass is 10.1. The van der Waals surface area contributed by atoms with Crippen LogP contribution in [0.15, 0.2) is 36.7 Å². The summed E-state index contributed by atoms with van der Waals surface area (Å²) in [7, 11) is 0. The van der Waals surface area contributed by atoms with E-state index in [9.17, 15) is 0 Å². The minimum Gasteiger partial charge on any atom is -0.255 e. The molecule has 106 valence electrons. The Bertz CT molecular complexity index is 802. The van der Waals surface area contributed by atoms with Gasteiger partial charge < -0.3 is 0 Å². The van der Waals surface area contributed by atoms with Crippen molar-refractivity contribution in [3.63, 3.8) is 0 Å². The smallest absolute Gasteiger partial charge is 0.154 e. The first kappa shape index (κ1) is 13.5. The SMILES string of the molecule is Cc1ccnc(-c2cc(C)cc(-n3ncc(C)c3C)n2)c1. The quantitative estimate of drug-likeness (QED) is 0.720. The Morgan fingerprint density at radius 3 is 2.33 bits per heavy atom. The highest BCUT2D eigenvalue weighted by atomic mass is 15.3. The largest absolute Gasteiger partial charge is 0.255 e. The molecule has 4 nitrogen and oxygen atoms in total. The Labute approximate surface area is 124 Å². The van der Waals surface area contributed by atoms with Crippen LogP contribution >= 0.6 is 0 Å². The van der Waals surface area contributed by atoms with Crippen LogP contribution in [-0.2, 0) is 0 Å². The van der Waals surface area contributed by atoms with Crippen LogP contribution < -0.4 is 0 Å². The fraction of sp³-hybridized carbons (Fsp3) is 0.235. The van der Waals surface area contributed by atoms with Crippen molar-refractivity contribution in [2.45, 2.75) is 27.7 Å². The second kappa shape index (κ2) is 5.13. The number of aromatic nitrogens is 4. The summed E-state index contributed by atoms with van der Waals surface area (Å²) in [5.74, 6) is 0.832. The highest BCUT2D eigenvalue weighted by molar-refractivity contribution is 5.57. The van der Waals surface area contributed by atoms with Crippen molar-refractivity contribution in [3.8, 4) is 17.2 Å². The predicted octanol–water partition coefficient (Wildman–Crippen LogP) is 3.56. The van der Waals surface area contributed by atoms with Gasteiger partial charge in [0.2, 0.25) is 0 Å². The van der Waals surface area contributed by atoms with Crippen LogP contribution in [0, 0.1) is 27.7 Å². The van der Waals surface area contributed by atoms with Crippen LogP contribution in [0.5, 0.6) is 0 Å². The summed E-state index contributed by atoms with van der Waals surface area (Å²) in [4.78, 5) is 9.15. The average molecular weight is 278 g/mol. The minimum absolute atomic E-state index is 0.832. The van der Waals surface area contributed by atoms with Gasteiger partial charge in [0.15, 0.2) is 5.82 Å². The maximum atomic E-state index is 4.73. The Kier molecular flexibility index (Phi) is 3.29. The number of pyridine rings is 2. The molecule has 21 heavy (non-hydrogen) atoms. The third kappa shape index (κ3) is 2.57. The van der Waals surface area contributed by atoms with Gasteiger partial charge in [-0.3, -0.25) is 4.98 Å². The zero-order valence-electron chi connectivity index (χ0n) is 12.8. The van der Waals surface area contributed by atoms with E-state index in [2.05, 4.69) is 43.8 Å². The van der Waals surface area contributed by atoms with Gasteiger partial charge in [0.25, 0.3) is 0 Å². The molecule has 3 rings (SSSR count). The number of rotatable bonds is 2. The molecule has 3 heterocycles. The maximum absolute atomic E-state index is 4.73. The van der Waals surface area contributed by atoms with E-state index in [1.165, 1.54) is 5.56 Å². The van der Waals surface area contributed by atoms with E-state index in [1.807, 2.05) is 35.3 Å². The molecule has 0 N–H and O–H groups in total. The highest BCUT2D eigenvalue weighted by Gasteiger charge is 2.10. The standard InChI is InChI=1S/C17H18N4/c1-11-5-6-18-15(7-11)16-8-12(2)9-17(20-16)21-14(4)13(3)10-19-21/h5-10H,1-4H3. The molecule has 0 fully saturated rings. The molecular formula is C17H18N4. The van der Waals surface area contributed by atoms with Gasteiger partial charge >= 0.3 is 0 Å². The molecule has 0 aromatic carbocycles. The van der Waals surface area contributed by atoms with E-state index >= 15 is 0 Å². The van der Waals surface area contributed by atoms with Gasteiger partial charge in [-0.05, 0) is 68.7 Å². The van der Waals surface area contributed by atoms with Crippen molar-refractivity contribution >= 4 is 0 Å². The lowest BCUT2D eigenvalue weighted by Crippen LogP contribution is -2.04. The fourth-order valence-electron chi connectivity index (χ4n) is 2.29. The zero-order chi connectivity index (χ0) is 15.0. The van der Waals surface area contributed by atoms with Crippen molar-refractivity contribution in [2.75, 3.05) is 0 Å². The molecule has 3 aromatic rings. The predicted molar refractivity (Wildman–Crippen MR) is 83.5 cm³/mol. The number of hydrogen-bond donors (Lipinski definition) is 0. The lowest BCUT2D eigenvalue weighted by molar-refractivity contribution is 0.815. The minimum atomic E-state index is 0.832. The van der Waals surface area contributed by atoms with Crippen molar-refractivity contribution in [2.24, 2.45) is 0 Å². The highest BCUT2D eigenvalue weighted by Crippen LogP contribution is 2.20. The van der Waals surface area contributed by atoms with Gasteiger partial charge in [-0.2, -0.15) is 5.10 Å². The molecule has 0 aliphatic carbocycles. The first-order chi connectivity index (χ1) is 10.0. The Morgan fingerprint density at radius 1 is 0.905 bits per heavy atom. The summed E-state index contributed by atoms with van der Waals surface area (Å²) in [5, 5.41) is 4.41. The van der Waals surface area contributed by atoms with E-state index < -0.39 is 0 Å². The molecule has 0 atom stereocenters. The Hall–Kier alpha value is -2.49. The topological polar surface area (TPSA) is 43.6 Å². The molecule has 0 bridgehead atoms. The van der Waals surface area contributed by atoms with Crippen molar-refractivity contribution < 1.29 is 0 Å². The van der Waals surface area contributed by atoms with E-state index in [4.69, 9.17) is 4.98 Å². The third-order valence-electron chi connectivity index (χ3n) is 3.61. The van der Waals surface area contributed by atoms with Crippen LogP contribution in [0.3, 0.4) is 0 Å². The first-order valence-corrected chi connectivity index (χ1v) is 6.98. The molecule has 0 aliphatic rings. The van der Waals surface area contributed by atoms with E-state index in [0.717, 1.165) is 34.0 Å². The van der Waals surface area contributed by atoms with Crippen molar-refractivity contribution in [3.05, 3.63) is 59.0 Å². The normalized spacial score (nSPS) is 10.9. The van der Waals surface area contributed by atoms with Crippen molar-refractivity contribution in [1.29, 1.82) is 0 Å². The van der Waals surface area contributed by atoms with Gasteiger partial charge in [-0.1, -0.05) is 0 Å². The van der Waals surface area contributed by atoms with Gasteiger partial charge in [0, 0.05) is 11.9 Å². The second-order valence-corrected chi connectivity index (χ2v) is 5.43. The Balaban J connectivity index is 2.15. The molecule has 0 spiro atoms. The van der Waals surface area contributed by atoms with Crippen LogP contribution in [0.2, 0.25) is 0 Å². The maximum Gasteiger partial charge on any atom is 0.154 e. The molecular weight excluding hydrogens is 260 g/mol. The van der Waals surface area contributed by atoms with E-state index in [0.29, 0.717) is 0 Å². The van der Waals surface area contributed by atoms with Gasteiger partial charge in [-0.25, -0.2) is 9.67 Å². The number of nitrogens with zero attached hydrogens (tertiary/aromatic N) is 4. The summed E-state index contributed by atoms with van der Waals surface area (Å²) >= 11 is 0. The van der Waals surface area contributed by atoms with Crippen LogP contribution in [-0.4, -0.2) is 19.7 Å². The summed E-state index contributed by atoms with van der Waals surface area (Å²) in [6, 6.07) is 8.13. The van der Waals surface area contributed by atoms with Gasteiger partial charge in [0.1, 0.15) is 0 Å². The lowest BCUT2D eigenvalue weighted by Gasteiger charge is -2.08. The first-order valence-electron chi connectivity index (χ1n) is 6.98. The van der Waals surface area contributed by atoms with E-state index in [1.54, 1.807) is 0 Å². The molecule has 3 aromatic heterocycles. The zero-order valence-corrected chi connectivity index (χ0v) is 12.8. The molecule has 0 aliphatic heterocycles. The Morgan fingerprint density at radius 2 is 1.67 bits per heavy atom. The second-order valence-electron chi connectivity index (χ2n) is 5.43. The summed E-state index contributed by atoms with van der Waals surface area (Å²) in [6.45, 7) is 8.23. The van der Waals surface area contributed by atoms with Gasteiger partial charge in [-0.15, -0.1) is 0 Å². The van der Waals surface area contributed by atoms with Crippen LogP contribution in [0.1, 0.15) is 22.4 Å².